The molecule has 0 saturated carbocycles. The molecule has 1 saturated heterocycles. The molecule has 0 radical (unpaired) electrons. The first-order valence-corrected chi connectivity index (χ1v) is 7.78. The normalized spacial score (nSPS) is 21.0. The van der Waals surface area contributed by atoms with E-state index in [2.05, 4.69) is 10.8 Å². The van der Waals surface area contributed by atoms with Crippen LogP contribution in [0.4, 0.5) is 0 Å². The van der Waals surface area contributed by atoms with Gasteiger partial charge in [0.2, 0.25) is 0 Å². The molecule has 0 unspecified atom stereocenters. The lowest BCUT2D eigenvalue weighted by molar-refractivity contribution is -0.162. The van der Waals surface area contributed by atoms with E-state index in [1.165, 1.54) is 0 Å². The first-order chi connectivity index (χ1) is 10.9. The van der Waals surface area contributed by atoms with Crippen molar-refractivity contribution >= 4 is 11.9 Å². The number of ether oxygens (including phenoxy) is 1. The fraction of sp³-hybridized carbons (Fsp3) is 0.529. The molecular formula is C17H24N2O4. The fourth-order valence-electron chi connectivity index (χ4n) is 2.44. The lowest BCUT2D eigenvalue weighted by Gasteiger charge is -2.24. The van der Waals surface area contributed by atoms with Gasteiger partial charge in [0, 0.05) is 0 Å². The van der Waals surface area contributed by atoms with Gasteiger partial charge in [0.25, 0.3) is 5.91 Å². The molecule has 23 heavy (non-hydrogen) atoms. The third-order valence-corrected chi connectivity index (χ3v) is 3.47. The highest BCUT2D eigenvalue weighted by Gasteiger charge is 2.40. The van der Waals surface area contributed by atoms with Gasteiger partial charge in [-0.25, -0.2) is 5.48 Å². The summed E-state index contributed by atoms with van der Waals surface area (Å²) in [7, 11) is 0. The Morgan fingerprint density at radius 3 is 2.61 bits per heavy atom. The van der Waals surface area contributed by atoms with Crippen molar-refractivity contribution in [2.75, 3.05) is 6.54 Å². The second kappa shape index (κ2) is 7.57. The third kappa shape index (κ3) is 5.33. The van der Waals surface area contributed by atoms with Crippen LogP contribution in [0.25, 0.3) is 0 Å². The van der Waals surface area contributed by atoms with Crippen molar-refractivity contribution in [2.45, 2.75) is 45.4 Å². The lowest BCUT2D eigenvalue weighted by Crippen LogP contribution is -2.46. The van der Waals surface area contributed by atoms with Crippen molar-refractivity contribution in [3.63, 3.8) is 0 Å². The van der Waals surface area contributed by atoms with Crippen LogP contribution >= 0.6 is 0 Å². The van der Waals surface area contributed by atoms with Crippen molar-refractivity contribution in [3.8, 4) is 0 Å². The minimum atomic E-state index is -0.624. The van der Waals surface area contributed by atoms with Crippen LogP contribution in [-0.2, 0) is 25.8 Å². The summed E-state index contributed by atoms with van der Waals surface area (Å²) in [5.41, 5.74) is 2.80. The van der Waals surface area contributed by atoms with Gasteiger partial charge in [0.1, 0.15) is 11.6 Å². The van der Waals surface area contributed by atoms with Gasteiger partial charge < -0.3 is 10.1 Å². The molecule has 1 heterocycles. The molecule has 0 bridgehead atoms. The summed E-state index contributed by atoms with van der Waals surface area (Å²) in [6.07, 6.45) is 0.575. The maximum Gasteiger partial charge on any atom is 0.311 e. The molecule has 0 aromatic heterocycles. The van der Waals surface area contributed by atoms with Crippen molar-refractivity contribution in [2.24, 2.45) is 5.92 Å². The molecule has 2 atom stereocenters. The topological polar surface area (TPSA) is 76.7 Å². The Hall–Kier alpha value is -1.92. The van der Waals surface area contributed by atoms with E-state index in [-0.39, 0.29) is 18.5 Å². The van der Waals surface area contributed by atoms with Crippen LogP contribution in [0, 0.1) is 5.92 Å². The zero-order chi connectivity index (χ0) is 16.9. The van der Waals surface area contributed by atoms with Crippen molar-refractivity contribution in [3.05, 3.63) is 35.9 Å². The Bertz CT molecular complexity index is 539. The summed E-state index contributed by atoms with van der Waals surface area (Å²) in [6, 6.07) is 8.90. The average Bonchev–Trinajstić information content (AvgIpc) is 2.96. The fourth-order valence-corrected chi connectivity index (χ4v) is 2.44. The van der Waals surface area contributed by atoms with E-state index in [1.54, 1.807) is 0 Å². The number of amides is 1. The highest BCUT2D eigenvalue weighted by molar-refractivity contribution is 5.88. The molecule has 2 N–H and O–H groups in total. The molecular weight excluding hydrogens is 296 g/mol. The molecule has 1 aromatic carbocycles. The largest absolute Gasteiger partial charge is 0.460 e. The van der Waals surface area contributed by atoms with E-state index in [0.29, 0.717) is 13.0 Å². The minimum absolute atomic E-state index is 0.274. The summed E-state index contributed by atoms with van der Waals surface area (Å²) in [4.78, 5) is 29.6. The van der Waals surface area contributed by atoms with Gasteiger partial charge in [-0.3, -0.25) is 14.4 Å². The molecule has 1 aliphatic rings. The van der Waals surface area contributed by atoms with Gasteiger partial charge in [-0.15, -0.1) is 0 Å². The summed E-state index contributed by atoms with van der Waals surface area (Å²) in [5.74, 6) is -1.20. The van der Waals surface area contributed by atoms with Crippen molar-refractivity contribution < 1.29 is 19.2 Å². The SMILES string of the molecule is CC(C)(C)OC(=O)[C@H]1CCN[C@@H]1C(=O)NOCc1ccccc1. The molecule has 6 heteroatoms. The van der Waals surface area contributed by atoms with Crippen LogP contribution in [-0.4, -0.2) is 30.1 Å². The molecule has 1 aromatic rings. The van der Waals surface area contributed by atoms with Crippen LogP contribution in [0.5, 0.6) is 0 Å². The van der Waals surface area contributed by atoms with E-state index in [1.807, 2.05) is 51.1 Å². The Kier molecular flexibility index (Phi) is 5.74. The number of hydrogen-bond donors (Lipinski definition) is 2. The molecule has 0 aliphatic carbocycles. The summed E-state index contributed by atoms with van der Waals surface area (Å²) in [5, 5.41) is 3.03. The number of carbonyl (C=O) groups excluding carboxylic acids is 2. The molecule has 2 rings (SSSR count). The second-order valence-electron chi connectivity index (χ2n) is 6.60. The third-order valence-electron chi connectivity index (χ3n) is 3.47. The maximum absolute atomic E-state index is 12.2. The Morgan fingerprint density at radius 2 is 1.96 bits per heavy atom. The van der Waals surface area contributed by atoms with Gasteiger partial charge in [-0.05, 0) is 39.3 Å². The van der Waals surface area contributed by atoms with Gasteiger partial charge in [-0.2, -0.15) is 0 Å². The number of benzene rings is 1. The lowest BCUT2D eigenvalue weighted by atomic mass is 10.00. The van der Waals surface area contributed by atoms with Crippen LogP contribution in [0.3, 0.4) is 0 Å². The standard InChI is InChI=1S/C17H24N2O4/c1-17(2,3)23-16(21)13-9-10-18-14(13)15(20)19-22-11-12-7-5-4-6-8-12/h4-8,13-14,18H,9-11H2,1-3H3,(H,19,20)/t13-,14-/m0/s1. The van der Waals surface area contributed by atoms with Gasteiger partial charge in [0.05, 0.1) is 12.5 Å². The quantitative estimate of drug-likeness (QED) is 0.636. The van der Waals surface area contributed by atoms with Gasteiger partial charge in [0.15, 0.2) is 0 Å². The summed E-state index contributed by atoms with van der Waals surface area (Å²) in [6.45, 7) is 6.30. The highest BCUT2D eigenvalue weighted by Crippen LogP contribution is 2.21. The molecule has 1 aliphatic heterocycles. The van der Waals surface area contributed by atoms with Gasteiger partial charge in [-0.1, -0.05) is 30.3 Å². The maximum atomic E-state index is 12.2. The molecule has 1 fully saturated rings. The molecule has 1 amide bonds. The number of carbonyl (C=O) groups is 2. The minimum Gasteiger partial charge on any atom is -0.460 e. The predicted octanol–water partition coefficient (Wildman–Crippen LogP) is 1.55. The van der Waals surface area contributed by atoms with Crippen LogP contribution in [0.1, 0.15) is 32.8 Å². The van der Waals surface area contributed by atoms with E-state index in [0.717, 1.165) is 5.56 Å². The smallest absolute Gasteiger partial charge is 0.311 e. The van der Waals surface area contributed by atoms with Crippen LogP contribution < -0.4 is 10.8 Å². The molecule has 6 nitrogen and oxygen atoms in total. The second-order valence-corrected chi connectivity index (χ2v) is 6.60. The van der Waals surface area contributed by atoms with Gasteiger partial charge >= 0.3 is 5.97 Å². The number of esters is 1. The number of nitrogens with one attached hydrogen (secondary N) is 2. The monoisotopic (exact) mass is 320 g/mol. The average molecular weight is 320 g/mol. The number of rotatable bonds is 5. The number of hydrogen-bond acceptors (Lipinski definition) is 5. The highest BCUT2D eigenvalue weighted by atomic mass is 16.7. The van der Waals surface area contributed by atoms with Crippen LogP contribution in [0.15, 0.2) is 30.3 Å². The first kappa shape index (κ1) is 17.4. The van der Waals surface area contributed by atoms with E-state index in [4.69, 9.17) is 9.57 Å². The number of hydroxylamine groups is 1. The summed E-state index contributed by atoms with van der Waals surface area (Å²) < 4.78 is 5.38. The zero-order valence-corrected chi connectivity index (χ0v) is 13.8. The van der Waals surface area contributed by atoms with Crippen molar-refractivity contribution in [1.82, 2.24) is 10.8 Å². The molecule has 126 valence electrons. The Labute approximate surface area is 136 Å². The Morgan fingerprint density at radius 1 is 1.26 bits per heavy atom. The van der Waals surface area contributed by atoms with Crippen molar-refractivity contribution in [1.29, 1.82) is 0 Å². The molecule has 0 spiro atoms. The van der Waals surface area contributed by atoms with Crippen LogP contribution in [0.2, 0.25) is 0 Å². The first-order valence-electron chi connectivity index (χ1n) is 7.78. The van der Waals surface area contributed by atoms with E-state index >= 15 is 0 Å². The Balaban J connectivity index is 1.84. The summed E-state index contributed by atoms with van der Waals surface area (Å²) >= 11 is 0. The van der Waals surface area contributed by atoms with E-state index < -0.39 is 17.6 Å². The van der Waals surface area contributed by atoms with E-state index in [9.17, 15) is 9.59 Å². The predicted molar refractivity (Wildman–Crippen MR) is 85.1 cm³/mol. The zero-order valence-electron chi connectivity index (χ0n) is 13.8.